The second kappa shape index (κ2) is 9.65. The number of alkyl halides is 5. The standard InChI is InChI=1S/C24H21ClF5N7O/c1-12-10-35(20-15-8-13(25)2-3-17(15)32-19(21(26)27)16(20)9-31)5-4-14(12)22(38)36-6-7-37-18(11-36)33-34-23(37)24(28,29)30/h2-3,8,12,14,21H,4-7,10-11H2,1H3/t12-,14+/m1/s1. The van der Waals surface area contributed by atoms with E-state index in [0.717, 1.165) is 4.57 Å². The second-order valence-corrected chi connectivity index (χ2v) is 9.90. The Morgan fingerprint density at radius 1 is 1.21 bits per heavy atom. The molecule has 0 bridgehead atoms. The molecule has 0 radical (unpaired) electrons. The van der Waals surface area contributed by atoms with Crippen molar-refractivity contribution in [3.63, 3.8) is 0 Å². The molecule has 0 spiro atoms. The van der Waals surface area contributed by atoms with Crippen molar-refractivity contribution < 1.29 is 26.7 Å². The zero-order valence-corrected chi connectivity index (χ0v) is 20.8. The third-order valence-corrected chi connectivity index (χ3v) is 7.36. The van der Waals surface area contributed by atoms with E-state index in [1.807, 2.05) is 17.9 Å². The van der Waals surface area contributed by atoms with Crippen molar-refractivity contribution in [3.05, 3.63) is 46.1 Å². The predicted molar refractivity (Wildman–Crippen MR) is 126 cm³/mol. The Balaban J connectivity index is 1.39. The van der Waals surface area contributed by atoms with Gasteiger partial charge in [-0.25, -0.2) is 13.8 Å². The zero-order chi connectivity index (χ0) is 27.4. The lowest BCUT2D eigenvalue weighted by molar-refractivity contribution is -0.148. The molecule has 38 heavy (non-hydrogen) atoms. The first kappa shape index (κ1) is 26.1. The number of hydrogen-bond donors (Lipinski definition) is 0. The number of pyridine rings is 1. The molecular weight excluding hydrogens is 533 g/mol. The zero-order valence-electron chi connectivity index (χ0n) is 20.0. The molecule has 1 amide bonds. The summed E-state index contributed by atoms with van der Waals surface area (Å²) < 4.78 is 68.0. The van der Waals surface area contributed by atoms with E-state index in [4.69, 9.17) is 11.6 Å². The molecule has 2 atom stereocenters. The molecule has 0 N–H and O–H groups in total. The molecule has 1 fully saturated rings. The lowest BCUT2D eigenvalue weighted by Gasteiger charge is -2.40. The number of amides is 1. The van der Waals surface area contributed by atoms with Gasteiger partial charge in [-0.1, -0.05) is 18.5 Å². The Morgan fingerprint density at radius 3 is 2.63 bits per heavy atom. The third-order valence-electron chi connectivity index (χ3n) is 7.12. The van der Waals surface area contributed by atoms with E-state index in [2.05, 4.69) is 15.2 Å². The Bertz CT molecular complexity index is 1450. The molecule has 0 unspecified atom stereocenters. The molecule has 1 saturated heterocycles. The highest BCUT2D eigenvalue weighted by molar-refractivity contribution is 6.31. The van der Waals surface area contributed by atoms with Gasteiger partial charge in [-0.05, 0) is 30.5 Å². The minimum atomic E-state index is -4.63. The number of hydrogen-bond acceptors (Lipinski definition) is 6. The summed E-state index contributed by atoms with van der Waals surface area (Å²) in [6, 6.07) is 6.51. The molecule has 2 aliphatic heterocycles. The summed E-state index contributed by atoms with van der Waals surface area (Å²) in [5.41, 5.74) is -0.264. The number of nitrogens with zero attached hydrogens (tertiary/aromatic N) is 7. The molecule has 5 rings (SSSR count). The smallest absolute Gasteiger partial charge is 0.370 e. The van der Waals surface area contributed by atoms with Crippen LogP contribution in [0.2, 0.25) is 5.02 Å². The number of halogens is 6. The maximum absolute atomic E-state index is 13.8. The summed E-state index contributed by atoms with van der Waals surface area (Å²) in [4.78, 5) is 20.7. The minimum absolute atomic E-state index is 0.0676. The third kappa shape index (κ3) is 4.51. The number of rotatable bonds is 3. The van der Waals surface area contributed by atoms with Gasteiger partial charge in [0.1, 0.15) is 17.3 Å². The van der Waals surface area contributed by atoms with Gasteiger partial charge < -0.3 is 14.4 Å². The fourth-order valence-electron chi connectivity index (χ4n) is 5.34. The Labute approximate surface area is 218 Å². The molecule has 14 heteroatoms. The maximum atomic E-state index is 13.8. The van der Waals surface area contributed by atoms with Gasteiger partial charge in [-0.3, -0.25) is 4.79 Å². The first-order chi connectivity index (χ1) is 18.0. The number of fused-ring (bicyclic) bond motifs is 2. The van der Waals surface area contributed by atoms with Gasteiger partial charge in [0.05, 0.1) is 17.7 Å². The Hall–Kier alpha value is -3.53. The molecule has 4 heterocycles. The molecule has 200 valence electrons. The van der Waals surface area contributed by atoms with Crippen LogP contribution in [0, 0.1) is 23.2 Å². The van der Waals surface area contributed by atoms with Crippen molar-refractivity contribution >= 4 is 34.1 Å². The Kier molecular flexibility index (Phi) is 6.63. The summed E-state index contributed by atoms with van der Waals surface area (Å²) in [6.45, 7) is 2.37. The van der Waals surface area contributed by atoms with Crippen LogP contribution in [0.25, 0.3) is 10.9 Å². The van der Waals surface area contributed by atoms with E-state index in [-0.39, 0.29) is 48.4 Å². The van der Waals surface area contributed by atoms with E-state index < -0.39 is 30.0 Å². The molecule has 2 aromatic heterocycles. The highest BCUT2D eigenvalue weighted by Crippen LogP contribution is 2.39. The molecule has 8 nitrogen and oxygen atoms in total. The van der Waals surface area contributed by atoms with E-state index in [1.54, 1.807) is 6.07 Å². The summed E-state index contributed by atoms with van der Waals surface area (Å²) >= 11 is 6.17. The number of carbonyl (C=O) groups excluding carboxylic acids is 1. The van der Waals surface area contributed by atoms with Crippen molar-refractivity contribution in [2.75, 3.05) is 24.5 Å². The van der Waals surface area contributed by atoms with Crippen LogP contribution >= 0.6 is 11.6 Å². The fraction of sp³-hybridized carbons (Fsp3) is 0.458. The summed E-state index contributed by atoms with van der Waals surface area (Å²) in [6.07, 6.45) is -7.23. The van der Waals surface area contributed by atoms with Crippen LogP contribution in [0.3, 0.4) is 0 Å². The molecule has 1 aromatic carbocycles. The SMILES string of the molecule is C[C@@H]1CN(c2c(C#N)c(C(F)F)nc3ccc(Cl)cc23)CC[C@@H]1C(=O)N1CCn2c(nnc2C(F)(F)F)C1. The summed E-state index contributed by atoms with van der Waals surface area (Å²) in [5.74, 6) is -1.91. The molecule has 0 saturated carbocycles. The molecule has 3 aromatic rings. The van der Waals surface area contributed by atoms with Crippen LogP contribution in [0.1, 0.15) is 42.7 Å². The number of carbonyl (C=O) groups is 1. The number of piperidine rings is 1. The fourth-order valence-corrected chi connectivity index (χ4v) is 5.51. The van der Waals surface area contributed by atoms with Crippen LogP contribution in [-0.4, -0.2) is 50.2 Å². The first-order valence-corrected chi connectivity index (χ1v) is 12.2. The predicted octanol–water partition coefficient (Wildman–Crippen LogP) is 4.81. The van der Waals surface area contributed by atoms with Gasteiger partial charge in [-0.2, -0.15) is 18.4 Å². The first-order valence-electron chi connectivity index (χ1n) is 11.8. The van der Waals surface area contributed by atoms with E-state index >= 15 is 0 Å². The average molecular weight is 554 g/mol. The second-order valence-electron chi connectivity index (χ2n) is 9.46. The Morgan fingerprint density at radius 2 is 1.97 bits per heavy atom. The quantitative estimate of drug-likeness (QED) is 0.432. The van der Waals surface area contributed by atoms with Crippen LogP contribution in [0.4, 0.5) is 27.6 Å². The van der Waals surface area contributed by atoms with Gasteiger partial charge >= 0.3 is 6.18 Å². The van der Waals surface area contributed by atoms with Crippen molar-refractivity contribution in [2.45, 2.75) is 39.0 Å². The normalized spacial score (nSPS) is 20.1. The van der Waals surface area contributed by atoms with Gasteiger partial charge in [0.15, 0.2) is 5.82 Å². The largest absolute Gasteiger partial charge is 0.451 e. The number of anilines is 1. The summed E-state index contributed by atoms with van der Waals surface area (Å²) in [5, 5.41) is 17.5. The van der Waals surface area contributed by atoms with E-state index in [9.17, 15) is 32.0 Å². The van der Waals surface area contributed by atoms with Crippen LogP contribution in [-0.2, 0) is 24.1 Å². The van der Waals surface area contributed by atoms with Crippen molar-refractivity contribution in [3.8, 4) is 6.07 Å². The maximum Gasteiger partial charge on any atom is 0.451 e. The number of benzene rings is 1. The van der Waals surface area contributed by atoms with E-state index in [0.29, 0.717) is 35.6 Å². The lowest BCUT2D eigenvalue weighted by atomic mass is 9.85. The van der Waals surface area contributed by atoms with Crippen LogP contribution in [0.15, 0.2) is 18.2 Å². The van der Waals surface area contributed by atoms with Gasteiger partial charge in [-0.15, -0.1) is 10.2 Å². The van der Waals surface area contributed by atoms with Gasteiger partial charge in [0.2, 0.25) is 11.7 Å². The molecule has 2 aliphatic rings. The minimum Gasteiger partial charge on any atom is -0.370 e. The topological polar surface area (TPSA) is 90.9 Å². The van der Waals surface area contributed by atoms with Crippen molar-refractivity contribution in [1.29, 1.82) is 5.26 Å². The van der Waals surface area contributed by atoms with Gasteiger partial charge in [0.25, 0.3) is 6.43 Å². The van der Waals surface area contributed by atoms with Crippen molar-refractivity contribution in [1.82, 2.24) is 24.6 Å². The van der Waals surface area contributed by atoms with Crippen molar-refractivity contribution in [2.24, 2.45) is 11.8 Å². The van der Waals surface area contributed by atoms with Crippen LogP contribution in [0.5, 0.6) is 0 Å². The lowest BCUT2D eigenvalue weighted by Crippen LogP contribution is -2.49. The number of nitriles is 1. The highest BCUT2D eigenvalue weighted by atomic mass is 35.5. The van der Waals surface area contributed by atoms with Crippen LogP contribution < -0.4 is 4.90 Å². The monoisotopic (exact) mass is 553 g/mol. The highest BCUT2D eigenvalue weighted by Gasteiger charge is 2.41. The molecule has 0 aliphatic carbocycles. The van der Waals surface area contributed by atoms with Gasteiger partial charge in [0, 0.05) is 42.5 Å². The summed E-state index contributed by atoms with van der Waals surface area (Å²) in [7, 11) is 0. The molecular formula is C24H21ClF5N7O. The average Bonchev–Trinajstić information content (AvgIpc) is 3.31. The number of aromatic nitrogens is 4. The van der Waals surface area contributed by atoms with E-state index in [1.165, 1.54) is 17.0 Å².